The second kappa shape index (κ2) is 5.56. The largest absolute Gasteiger partial charge is 0.491 e. The Kier molecular flexibility index (Phi) is 4.37. The molecule has 0 atom stereocenters. The molecule has 0 aliphatic heterocycles. The maximum Gasteiger partial charge on any atom is 0.471 e. The summed E-state index contributed by atoms with van der Waals surface area (Å²) in [6.45, 7) is 2.25. The summed E-state index contributed by atoms with van der Waals surface area (Å²) >= 11 is 0. The predicted octanol–water partition coefficient (Wildman–Crippen LogP) is 2.98. The van der Waals surface area contributed by atoms with Crippen molar-refractivity contribution in [2.75, 3.05) is 11.9 Å². The van der Waals surface area contributed by atoms with Gasteiger partial charge in [0.15, 0.2) is 0 Å². The highest BCUT2D eigenvalue weighted by Gasteiger charge is 2.39. The maximum absolute atomic E-state index is 12.1. The molecule has 3 nitrogen and oxygen atoms in total. The van der Waals surface area contributed by atoms with Crippen LogP contribution in [0.5, 0.6) is 5.75 Å². The van der Waals surface area contributed by atoms with E-state index in [1.54, 1.807) is 11.4 Å². The Morgan fingerprint density at radius 1 is 1.35 bits per heavy atom. The number of hydrogen-bond acceptors (Lipinski definition) is 2. The number of anilines is 1. The monoisotopic (exact) mass is 247 g/mol. The molecule has 1 N–H and O–H groups in total. The zero-order valence-corrected chi connectivity index (χ0v) is 9.17. The Labute approximate surface area is 96.6 Å². The van der Waals surface area contributed by atoms with E-state index in [-0.39, 0.29) is 11.4 Å². The molecule has 0 saturated carbocycles. The van der Waals surface area contributed by atoms with Crippen LogP contribution in [-0.2, 0) is 4.79 Å². The standard InChI is InChI=1S/C11H12F3NO2/c1-2-7-17-9-6-4-3-5-8(9)15-10(16)11(12,13)14/h3-6H,2,7H2,1H3,(H,15,16). The van der Waals surface area contributed by atoms with Crippen molar-refractivity contribution in [1.82, 2.24) is 0 Å². The number of amides is 1. The molecule has 1 aromatic rings. The molecule has 1 amide bonds. The van der Waals surface area contributed by atoms with Crippen LogP contribution < -0.4 is 10.1 Å². The Morgan fingerprint density at radius 2 is 2.00 bits per heavy atom. The highest BCUT2D eigenvalue weighted by atomic mass is 19.4. The SMILES string of the molecule is CCCOc1ccccc1NC(=O)C(F)(F)F. The molecule has 0 unspecified atom stereocenters. The molecular formula is C11H12F3NO2. The predicted molar refractivity (Wildman–Crippen MR) is 56.9 cm³/mol. The third-order valence-electron chi connectivity index (χ3n) is 1.85. The highest BCUT2D eigenvalue weighted by Crippen LogP contribution is 2.26. The molecule has 1 aromatic carbocycles. The number of rotatable bonds is 4. The molecule has 6 heteroatoms. The number of alkyl halides is 3. The van der Waals surface area contributed by atoms with Crippen LogP contribution in [0.25, 0.3) is 0 Å². The van der Waals surface area contributed by atoms with Crippen molar-refractivity contribution < 1.29 is 22.7 Å². The zero-order chi connectivity index (χ0) is 12.9. The molecule has 0 heterocycles. The lowest BCUT2D eigenvalue weighted by atomic mass is 10.3. The quantitative estimate of drug-likeness (QED) is 0.888. The topological polar surface area (TPSA) is 38.3 Å². The van der Waals surface area contributed by atoms with Gasteiger partial charge >= 0.3 is 12.1 Å². The van der Waals surface area contributed by atoms with E-state index in [4.69, 9.17) is 4.74 Å². The lowest BCUT2D eigenvalue weighted by Gasteiger charge is -2.12. The van der Waals surface area contributed by atoms with Gasteiger partial charge in [-0.3, -0.25) is 4.79 Å². The summed E-state index contributed by atoms with van der Waals surface area (Å²) in [6.07, 6.45) is -4.18. The number of hydrogen-bond donors (Lipinski definition) is 1. The van der Waals surface area contributed by atoms with Crippen LogP contribution in [0.15, 0.2) is 24.3 Å². The molecule has 0 radical (unpaired) electrons. The minimum Gasteiger partial charge on any atom is -0.491 e. The van der Waals surface area contributed by atoms with Crippen LogP contribution >= 0.6 is 0 Å². The van der Waals surface area contributed by atoms with E-state index in [1.165, 1.54) is 18.2 Å². The van der Waals surface area contributed by atoms with Gasteiger partial charge in [-0.05, 0) is 18.6 Å². The Bertz CT molecular complexity index is 391. The number of ether oxygens (including phenoxy) is 1. The summed E-state index contributed by atoms with van der Waals surface area (Å²) in [7, 11) is 0. The zero-order valence-electron chi connectivity index (χ0n) is 9.17. The lowest BCUT2D eigenvalue weighted by Crippen LogP contribution is -2.30. The normalized spacial score (nSPS) is 11.1. The van der Waals surface area contributed by atoms with Crippen molar-refractivity contribution in [3.63, 3.8) is 0 Å². The summed E-state index contributed by atoms with van der Waals surface area (Å²) in [5.74, 6) is -1.78. The first-order valence-electron chi connectivity index (χ1n) is 5.05. The van der Waals surface area contributed by atoms with Gasteiger partial charge in [-0.1, -0.05) is 19.1 Å². The third-order valence-corrected chi connectivity index (χ3v) is 1.85. The second-order valence-corrected chi connectivity index (χ2v) is 3.30. The van der Waals surface area contributed by atoms with E-state index >= 15 is 0 Å². The molecular weight excluding hydrogens is 235 g/mol. The summed E-state index contributed by atoms with van der Waals surface area (Å²) in [4.78, 5) is 10.8. The van der Waals surface area contributed by atoms with Crippen molar-refractivity contribution in [2.24, 2.45) is 0 Å². The van der Waals surface area contributed by atoms with E-state index in [2.05, 4.69) is 0 Å². The van der Waals surface area contributed by atoms with Crippen molar-refractivity contribution >= 4 is 11.6 Å². The van der Waals surface area contributed by atoms with Crippen molar-refractivity contribution in [2.45, 2.75) is 19.5 Å². The Morgan fingerprint density at radius 3 is 2.59 bits per heavy atom. The molecule has 0 bridgehead atoms. The van der Waals surface area contributed by atoms with Crippen LogP contribution in [0.3, 0.4) is 0 Å². The van der Waals surface area contributed by atoms with E-state index in [0.29, 0.717) is 6.61 Å². The molecule has 0 aliphatic rings. The van der Waals surface area contributed by atoms with Gasteiger partial charge in [0.1, 0.15) is 5.75 Å². The number of nitrogens with one attached hydrogen (secondary N) is 1. The fourth-order valence-corrected chi connectivity index (χ4v) is 1.10. The second-order valence-electron chi connectivity index (χ2n) is 3.30. The van der Waals surface area contributed by atoms with Gasteiger partial charge in [0.2, 0.25) is 0 Å². The van der Waals surface area contributed by atoms with Crippen molar-refractivity contribution in [1.29, 1.82) is 0 Å². The smallest absolute Gasteiger partial charge is 0.471 e. The molecule has 0 aliphatic carbocycles. The fourth-order valence-electron chi connectivity index (χ4n) is 1.10. The number of carbonyl (C=O) groups excluding carboxylic acids is 1. The Balaban J connectivity index is 2.80. The van der Waals surface area contributed by atoms with Crippen molar-refractivity contribution in [3.8, 4) is 5.75 Å². The molecule has 0 saturated heterocycles. The number of halogens is 3. The molecule has 0 spiro atoms. The summed E-state index contributed by atoms with van der Waals surface area (Å²) in [5.41, 5.74) is 0.0169. The average Bonchev–Trinajstić information content (AvgIpc) is 2.26. The van der Waals surface area contributed by atoms with E-state index in [0.717, 1.165) is 6.42 Å². The van der Waals surface area contributed by atoms with Gasteiger partial charge in [0, 0.05) is 0 Å². The lowest BCUT2D eigenvalue weighted by molar-refractivity contribution is -0.167. The summed E-state index contributed by atoms with van der Waals surface area (Å²) in [6, 6.07) is 6.00. The number of benzene rings is 1. The van der Waals surface area contributed by atoms with Crippen LogP contribution in [0, 0.1) is 0 Å². The van der Waals surface area contributed by atoms with Crippen LogP contribution in [0.1, 0.15) is 13.3 Å². The Hall–Kier alpha value is -1.72. The van der Waals surface area contributed by atoms with E-state index in [1.807, 2.05) is 6.92 Å². The first-order chi connectivity index (χ1) is 7.95. The molecule has 17 heavy (non-hydrogen) atoms. The maximum atomic E-state index is 12.1. The van der Waals surface area contributed by atoms with Crippen molar-refractivity contribution in [3.05, 3.63) is 24.3 Å². The van der Waals surface area contributed by atoms with Gasteiger partial charge in [0.05, 0.1) is 12.3 Å². The van der Waals surface area contributed by atoms with Crippen LogP contribution in [-0.4, -0.2) is 18.7 Å². The first-order valence-corrected chi connectivity index (χ1v) is 5.05. The van der Waals surface area contributed by atoms with E-state index < -0.39 is 12.1 Å². The number of para-hydroxylation sites is 2. The minimum absolute atomic E-state index is 0.0169. The van der Waals surface area contributed by atoms with Crippen LogP contribution in [0.2, 0.25) is 0 Å². The third kappa shape index (κ3) is 3.97. The fraction of sp³-hybridized carbons (Fsp3) is 0.364. The summed E-state index contributed by atoms with van der Waals surface area (Å²) in [5, 5.41) is 1.77. The molecule has 1 rings (SSSR count). The molecule has 0 aromatic heterocycles. The summed E-state index contributed by atoms with van der Waals surface area (Å²) < 4.78 is 41.4. The van der Waals surface area contributed by atoms with Gasteiger partial charge in [-0.15, -0.1) is 0 Å². The van der Waals surface area contributed by atoms with Gasteiger partial charge in [-0.2, -0.15) is 13.2 Å². The first kappa shape index (κ1) is 13.3. The van der Waals surface area contributed by atoms with Gasteiger partial charge in [-0.25, -0.2) is 0 Å². The van der Waals surface area contributed by atoms with Gasteiger partial charge in [0.25, 0.3) is 0 Å². The number of carbonyl (C=O) groups is 1. The van der Waals surface area contributed by atoms with Gasteiger partial charge < -0.3 is 10.1 Å². The molecule has 94 valence electrons. The molecule has 0 fully saturated rings. The van der Waals surface area contributed by atoms with Crippen LogP contribution in [0.4, 0.5) is 18.9 Å². The average molecular weight is 247 g/mol. The van der Waals surface area contributed by atoms with E-state index in [9.17, 15) is 18.0 Å². The minimum atomic E-state index is -4.90. The highest BCUT2D eigenvalue weighted by molar-refractivity contribution is 5.96.